The van der Waals surface area contributed by atoms with E-state index in [0.29, 0.717) is 40.3 Å². The van der Waals surface area contributed by atoms with E-state index in [2.05, 4.69) is 27.5 Å². The van der Waals surface area contributed by atoms with Gasteiger partial charge in [-0.2, -0.15) is 0 Å². The molecule has 0 unspecified atom stereocenters. The van der Waals surface area contributed by atoms with Crippen LogP contribution in [0.25, 0.3) is 11.3 Å². The molecule has 226 valence electrons. The first-order valence-corrected chi connectivity index (χ1v) is 15.3. The Bertz CT molecular complexity index is 1620. The zero-order valence-corrected chi connectivity index (χ0v) is 25.2. The second kappa shape index (κ2) is 13.1. The van der Waals surface area contributed by atoms with Crippen molar-refractivity contribution in [2.75, 3.05) is 71.2 Å². The Hall–Kier alpha value is -4.07. The van der Waals surface area contributed by atoms with Crippen LogP contribution in [0.3, 0.4) is 0 Å². The van der Waals surface area contributed by atoms with Gasteiger partial charge in [-0.05, 0) is 49.0 Å². The maximum absolute atomic E-state index is 13.2. The number of carbonyl (C=O) groups is 2. The number of anilines is 2. The summed E-state index contributed by atoms with van der Waals surface area (Å²) in [5.74, 6) is -0.838. The molecule has 0 radical (unpaired) electrons. The lowest BCUT2D eigenvalue weighted by atomic mass is 9.99. The third kappa shape index (κ3) is 6.79. The molecule has 1 saturated heterocycles. The SMILES string of the molecule is COC(=O)c1ccc2c(c1)NC(=O)/C2=C(\Nc1ccc(S(=O)(=O)N(C)OCCN2CCN(C)CC2)cc1)c1ccccc1. The van der Waals surface area contributed by atoms with E-state index in [1.54, 1.807) is 30.3 Å². The number of hydroxylamine groups is 1. The maximum Gasteiger partial charge on any atom is 0.337 e. The van der Waals surface area contributed by atoms with Gasteiger partial charge in [0.05, 0.1) is 41.1 Å². The van der Waals surface area contributed by atoms with Crippen LogP contribution < -0.4 is 10.6 Å². The quantitative estimate of drug-likeness (QED) is 0.204. The lowest BCUT2D eigenvalue weighted by Gasteiger charge is -2.32. The molecule has 2 N–H and O–H groups in total. The smallest absolute Gasteiger partial charge is 0.337 e. The molecule has 43 heavy (non-hydrogen) atoms. The van der Waals surface area contributed by atoms with E-state index in [1.165, 1.54) is 26.3 Å². The number of methoxy groups -OCH3 is 1. The number of ether oxygens (including phenoxy) is 1. The van der Waals surface area contributed by atoms with Crippen molar-refractivity contribution >= 4 is 44.5 Å². The summed E-state index contributed by atoms with van der Waals surface area (Å²) in [7, 11) is 0.896. The largest absolute Gasteiger partial charge is 0.465 e. The maximum atomic E-state index is 13.2. The van der Waals surface area contributed by atoms with Crippen LogP contribution in [0, 0.1) is 0 Å². The summed E-state index contributed by atoms with van der Waals surface area (Å²) in [6.07, 6.45) is 0. The van der Waals surface area contributed by atoms with Crippen LogP contribution in [-0.2, 0) is 24.4 Å². The summed E-state index contributed by atoms with van der Waals surface area (Å²) in [6, 6.07) is 20.5. The van der Waals surface area contributed by atoms with Crippen molar-refractivity contribution in [3.05, 3.63) is 89.5 Å². The van der Waals surface area contributed by atoms with Crippen molar-refractivity contribution in [3.63, 3.8) is 0 Å². The van der Waals surface area contributed by atoms with E-state index in [9.17, 15) is 18.0 Å². The van der Waals surface area contributed by atoms with E-state index >= 15 is 0 Å². The monoisotopic (exact) mass is 605 g/mol. The van der Waals surface area contributed by atoms with Gasteiger partial charge < -0.3 is 20.3 Å². The number of sulfonamides is 1. The number of piperazine rings is 1. The Labute approximate surface area is 251 Å². The fourth-order valence-corrected chi connectivity index (χ4v) is 5.98. The molecule has 0 atom stereocenters. The van der Waals surface area contributed by atoms with Crippen molar-refractivity contribution in [1.29, 1.82) is 0 Å². The van der Waals surface area contributed by atoms with Gasteiger partial charge in [0.15, 0.2) is 0 Å². The number of nitrogens with zero attached hydrogens (tertiary/aromatic N) is 3. The minimum Gasteiger partial charge on any atom is -0.465 e. The third-order valence-corrected chi connectivity index (χ3v) is 9.18. The molecule has 0 aromatic heterocycles. The van der Waals surface area contributed by atoms with Gasteiger partial charge in [0.2, 0.25) is 0 Å². The Kier molecular flexibility index (Phi) is 9.23. The first-order chi connectivity index (χ1) is 20.7. The summed E-state index contributed by atoms with van der Waals surface area (Å²) in [4.78, 5) is 35.4. The highest BCUT2D eigenvalue weighted by Crippen LogP contribution is 2.38. The number of fused-ring (bicyclic) bond motifs is 1. The molecule has 2 aliphatic heterocycles. The predicted octanol–water partition coefficient (Wildman–Crippen LogP) is 3.21. The van der Waals surface area contributed by atoms with E-state index in [1.807, 2.05) is 30.3 Å². The van der Waals surface area contributed by atoms with Gasteiger partial charge in [-0.15, -0.1) is 0 Å². The number of benzene rings is 3. The fraction of sp³-hybridized carbons (Fsp3) is 0.290. The van der Waals surface area contributed by atoms with Crippen LogP contribution in [0.15, 0.2) is 77.7 Å². The minimum atomic E-state index is -3.88. The van der Waals surface area contributed by atoms with Crippen LogP contribution in [0.1, 0.15) is 21.5 Å². The second-order valence-electron chi connectivity index (χ2n) is 10.4. The molecule has 3 aromatic carbocycles. The highest BCUT2D eigenvalue weighted by molar-refractivity contribution is 7.89. The number of esters is 1. The number of hydrogen-bond donors (Lipinski definition) is 2. The summed E-state index contributed by atoms with van der Waals surface area (Å²) >= 11 is 0. The Balaban J connectivity index is 1.35. The van der Waals surface area contributed by atoms with Crippen LogP contribution in [-0.4, -0.2) is 95.1 Å². The normalized spacial score (nSPS) is 17.0. The number of likely N-dealkylation sites (N-methyl/N-ethyl adjacent to an activating group) is 1. The summed E-state index contributed by atoms with van der Waals surface area (Å²) in [6.45, 7) is 4.71. The minimum absolute atomic E-state index is 0.0772. The number of hydrogen-bond acceptors (Lipinski definition) is 9. The van der Waals surface area contributed by atoms with Gasteiger partial charge in [0, 0.05) is 51.0 Å². The van der Waals surface area contributed by atoms with Gasteiger partial charge in [-0.3, -0.25) is 14.5 Å². The summed E-state index contributed by atoms with van der Waals surface area (Å²) < 4.78 is 32.0. The zero-order chi connectivity index (χ0) is 30.6. The Morgan fingerprint density at radius 1 is 0.977 bits per heavy atom. The molecule has 0 saturated carbocycles. The second-order valence-corrected chi connectivity index (χ2v) is 12.3. The fourth-order valence-electron chi connectivity index (χ4n) is 4.99. The number of nitrogens with one attached hydrogen (secondary N) is 2. The molecule has 0 aliphatic carbocycles. The number of carbonyl (C=O) groups excluding carboxylic acids is 2. The van der Waals surface area contributed by atoms with Crippen molar-refractivity contribution in [2.24, 2.45) is 0 Å². The molecular weight excluding hydrogens is 570 g/mol. The van der Waals surface area contributed by atoms with Crippen molar-refractivity contribution in [2.45, 2.75) is 4.90 Å². The number of rotatable bonds is 10. The average Bonchev–Trinajstić information content (AvgIpc) is 3.35. The van der Waals surface area contributed by atoms with Crippen molar-refractivity contribution < 1.29 is 27.6 Å². The van der Waals surface area contributed by atoms with Gasteiger partial charge in [0.25, 0.3) is 15.9 Å². The molecule has 5 rings (SSSR count). The molecule has 0 spiro atoms. The molecule has 1 amide bonds. The van der Waals surface area contributed by atoms with Gasteiger partial charge >= 0.3 is 5.97 Å². The van der Waals surface area contributed by atoms with E-state index < -0.39 is 16.0 Å². The van der Waals surface area contributed by atoms with Crippen LogP contribution in [0.5, 0.6) is 0 Å². The molecule has 0 bridgehead atoms. The van der Waals surface area contributed by atoms with E-state index in [-0.39, 0.29) is 17.4 Å². The molecule has 2 aliphatic rings. The van der Waals surface area contributed by atoms with Gasteiger partial charge in [-0.25, -0.2) is 13.2 Å². The van der Waals surface area contributed by atoms with E-state index in [4.69, 9.17) is 9.57 Å². The molecule has 1 fully saturated rings. The summed E-state index contributed by atoms with van der Waals surface area (Å²) in [5, 5.41) is 6.15. The van der Waals surface area contributed by atoms with Crippen LogP contribution >= 0.6 is 0 Å². The molecule has 3 aromatic rings. The molecule has 2 heterocycles. The average molecular weight is 606 g/mol. The Morgan fingerprint density at radius 3 is 2.35 bits per heavy atom. The lowest BCUT2D eigenvalue weighted by Crippen LogP contribution is -2.46. The topological polar surface area (TPSA) is 121 Å². The molecule has 11 nitrogen and oxygen atoms in total. The van der Waals surface area contributed by atoms with Crippen LogP contribution in [0.2, 0.25) is 0 Å². The zero-order valence-electron chi connectivity index (χ0n) is 24.4. The first kappa shape index (κ1) is 30.4. The van der Waals surface area contributed by atoms with Crippen molar-refractivity contribution in [3.8, 4) is 0 Å². The Morgan fingerprint density at radius 2 is 1.67 bits per heavy atom. The van der Waals surface area contributed by atoms with Gasteiger partial charge in [0.1, 0.15) is 0 Å². The predicted molar refractivity (Wildman–Crippen MR) is 165 cm³/mol. The highest BCUT2D eigenvalue weighted by atomic mass is 32.2. The van der Waals surface area contributed by atoms with E-state index in [0.717, 1.165) is 36.2 Å². The lowest BCUT2D eigenvalue weighted by molar-refractivity contribution is -0.110. The summed E-state index contributed by atoms with van der Waals surface area (Å²) in [5.41, 5.74) is 3.69. The standard InChI is InChI=1S/C31H35N5O6S/c1-34-15-17-36(18-16-34)19-20-42-35(2)43(39,40)25-12-10-24(11-13-25)32-29(22-7-5-4-6-8-22)28-26-14-9-23(31(38)41-3)21-27(26)33-30(28)37/h4-14,21,32H,15-20H2,1-3H3,(H,33,37)/b29-28-. The number of amides is 1. The van der Waals surface area contributed by atoms with Gasteiger partial charge in [-0.1, -0.05) is 40.9 Å². The third-order valence-electron chi connectivity index (χ3n) is 7.53. The first-order valence-electron chi connectivity index (χ1n) is 13.9. The van der Waals surface area contributed by atoms with Crippen LogP contribution in [0.4, 0.5) is 11.4 Å². The highest BCUT2D eigenvalue weighted by Gasteiger charge is 2.30. The molecular formula is C31H35N5O6S. The van der Waals surface area contributed by atoms with Crippen molar-refractivity contribution in [1.82, 2.24) is 14.3 Å². The molecule has 12 heteroatoms.